The van der Waals surface area contributed by atoms with Crippen LogP contribution in [0.3, 0.4) is 0 Å². The molecule has 0 atom stereocenters. The molecule has 5 nitrogen and oxygen atoms in total. The van der Waals surface area contributed by atoms with Crippen LogP contribution in [0.1, 0.15) is 44.3 Å². The Kier molecular flexibility index (Phi) is 10.5. The van der Waals surface area contributed by atoms with Gasteiger partial charge in [0.2, 0.25) is 5.91 Å². The van der Waals surface area contributed by atoms with Gasteiger partial charge in [-0.3, -0.25) is 4.79 Å². The minimum atomic E-state index is 0. The summed E-state index contributed by atoms with van der Waals surface area (Å²) >= 11 is 0. The van der Waals surface area contributed by atoms with Gasteiger partial charge in [0.1, 0.15) is 5.82 Å². The number of likely N-dealkylation sites (tertiary alicyclic amines) is 1. The second-order valence-corrected chi connectivity index (χ2v) is 5.52. The SMILES string of the molecule is CCCCn1ccnc1C1CCN(C(=O)CNC)CC1.Cl.Cl. The summed E-state index contributed by atoms with van der Waals surface area (Å²) in [5, 5.41) is 2.93. The van der Waals surface area contributed by atoms with Crippen LogP contribution in [0.15, 0.2) is 12.4 Å². The van der Waals surface area contributed by atoms with Crippen LogP contribution in [0.2, 0.25) is 0 Å². The van der Waals surface area contributed by atoms with Gasteiger partial charge in [0, 0.05) is 37.9 Å². The first-order valence-electron chi connectivity index (χ1n) is 7.69. The number of amides is 1. The highest BCUT2D eigenvalue weighted by Crippen LogP contribution is 2.27. The standard InChI is InChI=1S/C15H26N4O.2ClH/c1-3-4-8-19-11-7-17-15(19)13-5-9-18(10-6-13)14(20)12-16-2;;/h7,11,13,16H,3-6,8-10,12H2,1-2H3;2*1H. The predicted octanol–water partition coefficient (Wildman–Crippen LogP) is 2.45. The first-order valence-corrected chi connectivity index (χ1v) is 7.69. The number of carbonyl (C=O) groups is 1. The topological polar surface area (TPSA) is 50.2 Å². The molecule has 2 heterocycles. The first kappa shape index (κ1) is 21.2. The molecule has 1 aromatic heterocycles. The number of rotatable bonds is 6. The van der Waals surface area contributed by atoms with Gasteiger partial charge in [-0.15, -0.1) is 24.8 Å². The summed E-state index contributed by atoms with van der Waals surface area (Å²) in [6.07, 6.45) is 8.45. The van der Waals surface area contributed by atoms with Crippen molar-refractivity contribution in [1.82, 2.24) is 19.8 Å². The van der Waals surface area contributed by atoms with Crippen molar-refractivity contribution in [3.05, 3.63) is 18.2 Å². The summed E-state index contributed by atoms with van der Waals surface area (Å²) < 4.78 is 2.29. The van der Waals surface area contributed by atoms with Gasteiger partial charge < -0.3 is 14.8 Å². The van der Waals surface area contributed by atoms with Gasteiger partial charge in [-0.25, -0.2) is 4.98 Å². The van der Waals surface area contributed by atoms with Crippen molar-refractivity contribution >= 4 is 30.7 Å². The molecule has 0 radical (unpaired) electrons. The Bertz CT molecular complexity index is 431. The molecular formula is C15H28Cl2N4O. The first-order chi connectivity index (χ1) is 9.76. The van der Waals surface area contributed by atoms with E-state index in [1.54, 1.807) is 0 Å². The summed E-state index contributed by atoms with van der Waals surface area (Å²) in [6, 6.07) is 0. The molecule has 0 aromatic carbocycles. The zero-order chi connectivity index (χ0) is 14.4. The summed E-state index contributed by atoms with van der Waals surface area (Å²) in [7, 11) is 1.81. The lowest BCUT2D eigenvalue weighted by Gasteiger charge is -2.32. The van der Waals surface area contributed by atoms with Crippen molar-refractivity contribution in [2.45, 2.75) is 45.1 Å². The second kappa shape index (κ2) is 10.9. The maximum absolute atomic E-state index is 11.8. The smallest absolute Gasteiger partial charge is 0.236 e. The molecule has 128 valence electrons. The molecule has 7 heteroatoms. The van der Waals surface area contributed by atoms with Crippen LogP contribution in [0.5, 0.6) is 0 Å². The lowest BCUT2D eigenvalue weighted by atomic mass is 9.95. The largest absolute Gasteiger partial charge is 0.342 e. The van der Waals surface area contributed by atoms with Gasteiger partial charge in [-0.1, -0.05) is 13.3 Å². The number of hydrogen-bond acceptors (Lipinski definition) is 3. The van der Waals surface area contributed by atoms with Crippen LogP contribution in [0.25, 0.3) is 0 Å². The van der Waals surface area contributed by atoms with E-state index in [-0.39, 0.29) is 30.7 Å². The molecule has 1 aromatic rings. The number of carbonyl (C=O) groups excluding carboxylic acids is 1. The van der Waals surface area contributed by atoms with Gasteiger partial charge >= 0.3 is 0 Å². The molecule has 0 aliphatic carbocycles. The quantitative estimate of drug-likeness (QED) is 0.857. The van der Waals surface area contributed by atoms with Crippen molar-refractivity contribution in [3.63, 3.8) is 0 Å². The van der Waals surface area contributed by atoms with Crippen LogP contribution >= 0.6 is 24.8 Å². The third-order valence-electron chi connectivity index (χ3n) is 4.04. The molecule has 1 fully saturated rings. The molecule has 1 saturated heterocycles. The molecule has 0 saturated carbocycles. The minimum absolute atomic E-state index is 0. The molecule has 1 N–H and O–H groups in total. The number of halogens is 2. The highest BCUT2D eigenvalue weighted by molar-refractivity contribution is 5.85. The zero-order valence-electron chi connectivity index (χ0n) is 13.5. The number of likely N-dealkylation sites (N-methyl/N-ethyl adjacent to an activating group) is 1. The Morgan fingerprint density at radius 3 is 2.64 bits per heavy atom. The molecule has 0 spiro atoms. The number of aromatic nitrogens is 2. The molecule has 2 rings (SSSR count). The number of unbranched alkanes of at least 4 members (excludes halogenated alkanes) is 1. The van der Waals surface area contributed by atoms with Crippen LogP contribution in [0.4, 0.5) is 0 Å². The van der Waals surface area contributed by atoms with E-state index >= 15 is 0 Å². The Hall–Kier alpha value is -0.780. The molecular weight excluding hydrogens is 323 g/mol. The molecule has 1 aliphatic rings. The van der Waals surface area contributed by atoms with E-state index in [9.17, 15) is 4.79 Å². The summed E-state index contributed by atoms with van der Waals surface area (Å²) in [5.41, 5.74) is 0. The van der Waals surface area contributed by atoms with E-state index in [0.29, 0.717) is 12.5 Å². The number of imidazole rings is 1. The normalized spacial score (nSPS) is 15.1. The van der Waals surface area contributed by atoms with Crippen LogP contribution < -0.4 is 5.32 Å². The Morgan fingerprint density at radius 1 is 1.36 bits per heavy atom. The van der Waals surface area contributed by atoms with Crippen LogP contribution in [-0.2, 0) is 11.3 Å². The third-order valence-corrected chi connectivity index (χ3v) is 4.04. The van der Waals surface area contributed by atoms with E-state index in [1.165, 1.54) is 18.7 Å². The van der Waals surface area contributed by atoms with Gasteiger partial charge in [-0.05, 0) is 26.3 Å². The van der Waals surface area contributed by atoms with Crippen LogP contribution in [0, 0.1) is 0 Å². The highest BCUT2D eigenvalue weighted by atomic mass is 35.5. The van der Waals surface area contributed by atoms with E-state index < -0.39 is 0 Å². The number of hydrogen-bond donors (Lipinski definition) is 1. The number of piperidine rings is 1. The van der Waals surface area contributed by atoms with Gasteiger partial charge in [0.05, 0.1) is 6.54 Å². The molecule has 1 amide bonds. The zero-order valence-corrected chi connectivity index (χ0v) is 15.1. The fourth-order valence-corrected chi connectivity index (χ4v) is 2.85. The Morgan fingerprint density at radius 2 is 2.05 bits per heavy atom. The van der Waals surface area contributed by atoms with Crippen molar-refractivity contribution in [2.24, 2.45) is 0 Å². The number of nitrogens with one attached hydrogen (secondary N) is 1. The van der Waals surface area contributed by atoms with E-state index in [1.807, 2.05) is 18.1 Å². The average molecular weight is 351 g/mol. The lowest BCUT2D eigenvalue weighted by molar-refractivity contribution is -0.131. The lowest BCUT2D eigenvalue weighted by Crippen LogP contribution is -2.42. The third kappa shape index (κ3) is 5.45. The molecule has 0 bridgehead atoms. The van der Waals surface area contributed by atoms with E-state index in [2.05, 4.69) is 28.0 Å². The van der Waals surface area contributed by atoms with Gasteiger partial charge in [0.25, 0.3) is 0 Å². The average Bonchev–Trinajstić information content (AvgIpc) is 2.94. The summed E-state index contributed by atoms with van der Waals surface area (Å²) in [5.74, 6) is 1.92. The molecule has 0 unspecified atom stereocenters. The van der Waals surface area contributed by atoms with Crippen molar-refractivity contribution in [1.29, 1.82) is 0 Å². The fraction of sp³-hybridized carbons (Fsp3) is 0.733. The maximum atomic E-state index is 11.8. The molecule has 22 heavy (non-hydrogen) atoms. The monoisotopic (exact) mass is 350 g/mol. The Balaban J connectivity index is 0.00000220. The van der Waals surface area contributed by atoms with Crippen LogP contribution in [-0.4, -0.2) is 47.0 Å². The van der Waals surface area contributed by atoms with Crippen molar-refractivity contribution in [3.8, 4) is 0 Å². The van der Waals surface area contributed by atoms with Gasteiger partial charge in [0.15, 0.2) is 0 Å². The Labute approximate surface area is 145 Å². The van der Waals surface area contributed by atoms with E-state index in [0.717, 1.165) is 32.5 Å². The minimum Gasteiger partial charge on any atom is -0.342 e. The number of aryl methyl sites for hydroxylation is 1. The predicted molar refractivity (Wildman–Crippen MR) is 94.1 cm³/mol. The maximum Gasteiger partial charge on any atom is 0.236 e. The van der Waals surface area contributed by atoms with E-state index in [4.69, 9.17) is 0 Å². The van der Waals surface area contributed by atoms with Crippen molar-refractivity contribution in [2.75, 3.05) is 26.7 Å². The highest BCUT2D eigenvalue weighted by Gasteiger charge is 2.25. The summed E-state index contributed by atoms with van der Waals surface area (Å²) in [4.78, 5) is 18.4. The summed E-state index contributed by atoms with van der Waals surface area (Å²) in [6.45, 7) is 5.42. The van der Waals surface area contributed by atoms with Crippen molar-refractivity contribution < 1.29 is 4.79 Å². The van der Waals surface area contributed by atoms with Gasteiger partial charge in [-0.2, -0.15) is 0 Å². The number of nitrogens with zero attached hydrogens (tertiary/aromatic N) is 3. The second-order valence-electron chi connectivity index (χ2n) is 5.52. The fourth-order valence-electron chi connectivity index (χ4n) is 2.85. The molecule has 1 aliphatic heterocycles.